The number of carbonyl (C=O) groups is 1. The zero-order chi connectivity index (χ0) is 16.3. The van der Waals surface area contributed by atoms with E-state index in [1.54, 1.807) is 38.1 Å². The van der Waals surface area contributed by atoms with Gasteiger partial charge >= 0.3 is 0 Å². The van der Waals surface area contributed by atoms with Crippen LogP contribution in [0.25, 0.3) is 0 Å². The van der Waals surface area contributed by atoms with Gasteiger partial charge in [0.05, 0.1) is 19.0 Å². The van der Waals surface area contributed by atoms with Crippen LogP contribution >= 0.6 is 11.8 Å². The molecule has 0 bridgehead atoms. The number of ether oxygens (including phenoxy) is 2. The van der Waals surface area contributed by atoms with Gasteiger partial charge in [-0.1, -0.05) is 18.2 Å². The van der Waals surface area contributed by atoms with Crippen molar-refractivity contribution in [3.05, 3.63) is 48.5 Å². The SMILES string of the molecule is COc1ccc(NC(=O)C2(Sc3ccccc3)CC2)cc1OC. The van der Waals surface area contributed by atoms with E-state index < -0.39 is 0 Å². The zero-order valence-corrected chi connectivity index (χ0v) is 14.0. The molecule has 120 valence electrons. The van der Waals surface area contributed by atoms with E-state index in [4.69, 9.17) is 9.47 Å². The van der Waals surface area contributed by atoms with Crippen LogP contribution in [0.5, 0.6) is 11.5 Å². The summed E-state index contributed by atoms with van der Waals surface area (Å²) in [6, 6.07) is 15.4. The Balaban J connectivity index is 1.72. The minimum atomic E-state index is -0.353. The molecule has 0 unspecified atom stereocenters. The topological polar surface area (TPSA) is 47.6 Å². The second-order valence-electron chi connectivity index (χ2n) is 5.43. The second-order valence-corrected chi connectivity index (χ2v) is 6.89. The Kier molecular flexibility index (Phi) is 4.48. The largest absolute Gasteiger partial charge is 0.493 e. The highest BCUT2D eigenvalue weighted by atomic mass is 32.2. The Morgan fingerprint density at radius 1 is 1.04 bits per heavy atom. The number of hydrogen-bond acceptors (Lipinski definition) is 4. The van der Waals surface area contributed by atoms with Crippen LogP contribution in [0.4, 0.5) is 5.69 Å². The smallest absolute Gasteiger partial charge is 0.240 e. The van der Waals surface area contributed by atoms with E-state index in [1.807, 2.05) is 36.4 Å². The van der Waals surface area contributed by atoms with Crippen molar-refractivity contribution in [2.45, 2.75) is 22.5 Å². The van der Waals surface area contributed by atoms with Gasteiger partial charge in [0.1, 0.15) is 0 Å². The van der Waals surface area contributed by atoms with Crippen LogP contribution in [0.3, 0.4) is 0 Å². The van der Waals surface area contributed by atoms with Crippen molar-refractivity contribution in [3.63, 3.8) is 0 Å². The quantitative estimate of drug-likeness (QED) is 0.871. The summed E-state index contributed by atoms with van der Waals surface area (Å²) >= 11 is 1.63. The number of anilines is 1. The lowest BCUT2D eigenvalue weighted by molar-refractivity contribution is -0.116. The molecule has 1 aliphatic carbocycles. The summed E-state index contributed by atoms with van der Waals surface area (Å²) in [7, 11) is 3.17. The number of amides is 1. The third-order valence-corrected chi connectivity index (χ3v) is 5.31. The summed E-state index contributed by atoms with van der Waals surface area (Å²) in [6.45, 7) is 0. The van der Waals surface area contributed by atoms with Crippen LogP contribution in [-0.4, -0.2) is 24.9 Å². The summed E-state index contributed by atoms with van der Waals surface area (Å²) in [4.78, 5) is 13.8. The Labute approximate surface area is 140 Å². The molecule has 0 atom stereocenters. The molecule has 0 aromatic heterocycles. The highest BCUT2D eigenvalue weighted by Crippen LogP contribution is 2.52. The van der Waals surface area contributed by atoms with Gasteiger partial charge in [0.2, 0.25) is 5.91 Å². The Hall–Kier alpha value is -2.14. The first-order chi connectivity index (χ1) is 11.2. The van der Waals surface area contributed by atoms with Crippen LogP contribution < -0.4 is 14.8 Å². The summed E-state index contributed by atoms with van der Waals surface area (Å²) < 4.78 is 10.1. The molecule has 1 aliphatic rings. The predicted molar refractivity (Wildman–Crippen MR) is 92.4 cm³/mol. The highest BCUT2D eigenvalue weighted by Gasteiger charge is 2.51. The molecular weight excluding hydrogens is 310 g/mol. The van der Waals surface area contributed by atoms with Gasteiger partial charge in [-0.3, -0.25) is 4.79 Å². The van der Waals surface area contributed by atoms with Gasteiger partial charge in [-0.25, -0.2) is 0 Å². The number of rotatable bonds is 6. The minimum Gasteiger partial charge on any atom is -0.493 e. The molecule has 0 aliphatic heterocycles. The molecule has 1 fully saturated rings. The van der Waals surface area contributed by atoms with Crippen molar-refractivity contribution in [2.24, 2.45) is 0 Å². The maximum atomic E-state index is 12.7. The molecule has 0 heterocycles. The third-order valence-electron chi connectivity index (χ3n) is 3.82. The molecule has 0 radical (unpaired) electrons. The molecule has 1 amide bonds. The average molecular weight is 329 g/mol. The maximum Gasteiger partial charge on any atom is 0.240 e. The van der Waals surface area contributed by atoms with Crippen LogP contribution in [0.2, 0.25) is 0 Å². The van der Waals surface area contributed by atoms with Gasteiger partial charge in [0.15, 0.2) is 11.5 Å². The molecule has 23 heavy (non-hydrogen) atoms. The number of carbonyl (C=O) groups excluding carboxylic acids is 1. The number of nitrogens with one attached hydrogen (secondary N) is 1. The van der Waals surface area contributed by atoms with E-state index in [2.05, 4.69) is 5.32 Å². The van der Waals surface area contributed by atoms with E-state index in [1.165, 1.54) is 0 Å². The van der Waals surface area contributed by atoms with Crippen LogP contribution in [-0.2, 0) is 4.79 Å². The van der Waals surface area contributed by atoms with Gasteiger partial charge in [0, 0.05) is 16.6 Å². The van der Waals surface area contributed by atoms with E-state index in [9.17, 15) is 4.79 Å². The summed E-state index contributed by atoms with van der Waals surface area (Å²) in [5.74, 6) is 1.29. The molecule has 2 aromatic carbocycles. The monoisotopic (exact) mass is 329 g/mol. The molecule has 5 heteroatoms. The second kappa shape index (κ2) is 6.54. The van der Waals surface area contributed by atoms with Gasteiger partial charge in [-0.2, -0.15) is 0 Å². The number of hydrogen-bond donors (Lipinski definition) is 1. The summed E-state index contributed by atoms with van der Waals surface area (Å²) in [5, 5.41) is 3.00. The van der Waals surface area contributed by atoms with Crippen LogP contribution in [0, 0.1) is 0 Å². The van der Waals surface area contributed by atoms with E-state index in [0.717, 1.165) is 17.7 Å². The molecule has 2 aromatic rings. The molecule has 3 rings (SSSR count). The Bertz CT molecular complexity index is 699. The van der Waals surface area contributed by atoms with E-state index in [0.29, 0.717) is 17.2 Å². The standard InChI is InChI=1S/C18H19NO3S/c1-21-15-9-8-13(12-16(15)22-2)19-17(20)18(10-11-18)23-14-6-4-3-5-7-14/h3-9,12H,10-11H2,1-2H3,(H,19,20). The van der Waals surface area contributed by atoms with Crippen LogP contribution in [0.15, 0.2) is 53.4 Å². The van der Waals surface area contributed by atoms with E-state index >= 15 is 0 Å². The van der Waals surface area contributed by atoms with Crippen molar-refractivity contribution >= 4 is 23.4 Å². The number of thioether (sulfide) groups is 1. The van der Waals surface area contributed by atoms with Crippen molar-refractivity contribution < 1.29 is 14.3 Å². The lowest BCUT2D eigenvalue weighted by Crippen LogP contribution is -2.26. The third kappa shape index (κ3) is 3.45. The Morgan fingerprint density at radius 2 is 1.74 bits per heavy atom. The van der Waals surface area contributed by atoms with Gasteiger partial charge in [-0.15, -0.1) is 11.8 Å². The fraction of sp³-hybridized carbons (Fsp3) is 0.278. The lowest BCUT2D eigenvalue weighted by Gasteiger charge is -2.16. The first-order valence-electron chi connectivity index (χ1n) is 7.44. The van der Waals surface area contributed by atoms with E-state index in [-0.39, 0.29) is 10.7 Å². The highest BCUT2D eigenvalue weighted by molar-refractivity contribution is 8.01. The molecular formula is C18H19NO3S. The minimum absolute atomic E-state index is 0.0403. The fourth-order valence-electron chi connectivity index (χ4n) is 2.36. The van der Waals surface area contributed by atoms with Crippen molar-refractivity contribution in [1.29, 1.82) is 0 Å². The summed E-state index contributed by atoms with van der Waals surface area (Å²) in [6.07, 6.45) is 1.79. The van der Waals surface area contributed by atoms with Gasteiger partial charge < -0.3 is 14.8 Å². The number of methoxy groups -OCH3 is 2. The van der Waals surface area contributed by atoms with Crippen molar-refractivity contribution in [2.75, 3.05) is 19.5 Å². The van der Waals surface area contributed by atoms with Crippen LogP contribution in [0.1, 0.15) is 12.8 Å². The molecule has 0 saturated heterocycles. The first kappa shape index (κ1) is 15.7. The Morgan fingerprint density at radius 3 is 2.35 bits per heavy atom. The average Bonchev–Trinajstić information content (AvgIpc) is 3.36. The van der Waals surface area contributed by atoms with Crippen molar-refractivity contribution in [3.8, 4) is 11.5 Å². The molecule has 1 N–H and O–H groups in total. The maximum absolute atomic E-state index is 12.7. The van der Waals surface area contributed by atoms with Crippen molar-refractivity contribution in [1.82, 2.24) is 0 Å². The fourth-order valence-corrected chi connectivity index (χ4v) is 3.56. The number of benzene rings is 2. The first-order valence-corrected chi connectivity index (χ1v) is 8.26. The molecule has 1 saturated carbocycles. The predicted octanol–water partition coefficient (Wildman–Crippen LogP) is 3.97. The van der Waals surface area contributed by atoms with Gasteiger partial charge in [-0.05, 0) is 37.1 Å². The summed E-state index contributed by atoms with van der Waals surface area (Å²) in [5.41, 5.74) is 0.715. The molecule has 4 nitrogen and oxygen atoms in total. The zero-order valence-electron chi connectivity index (χ0n) is 13.2. The normalized spacial score (nSPS) is 14.9. The molecule has 0 spiro atoms. The van der Waals surface area contributed by atoms with Gasteiger partial charge in [0.25, 0.3) is 0 Å². The lowest BCUT2D eigenvalue weighted by atomic mass is 10.2.